The first-order valence-electron chi connectivity index (χ1n) is 10.3. The summed E-state index contributed by atoms with van der Waals surface area (Å²) in [4.78, 5) is 30.7. The van der Waals surface area contributed by atoms with Crippen LogP contribution in [0.4, 0.5) is 15.2 Å². The van der Waals surface area contributed by atoms with Crippen molar-refractivity contribution in [1.82, 2.24) is 15.0 Å². The van der Waals surface area contributed by atoms with E-state index in [1.165, 1.54) is 35.5 Å². The molecule has 0 saturated carbocycles. The third-order valence-electron chi connectivity index (χ3n) is 5.49. The summed E-state index contributed by atoms with van der Waals surface area (Å²) in [6.07, 6.45) is 1.29. The van der Waals surface area contributed by atoms with Crippen molar-refractivity contribution in [3.8, 4) is 11.3 Å². The van der Waals surface area contributed by atoms with E-state index in [1.54, 1.807) is 12.1 Å². The quantitative estimate of drug-likeness (QED) is 0.429. The lowest BCUT2D eigenvalue weighted by molar-refractivity contribution is -0.145. The number of nitrogens with zero attached hydrogens (tertiary/aromatic N) is 3. The van der Waals surface area contributed by atoms with E-state index >= 15 is 0 Å². The Hall–Kier alpha value is -3.79. The van der Waals surface area contributed by atoms with Gasteiger partial charge in [-0.25, -0.2) is 14.2 Å². The van der Waals surface area contributed by atoms with E-state index in [-0.39, 0.29) is 17.5 Å². The van der Waals surface area contributed by atoms with Crippen LogP contribution in [0.2, 0.25) is 0 Å². The molecule has 3 heterocycles. The maximum absolute atomic E-state index is 13.4. The Morgan fingerprint density at radius 3 is 2.82 bits per heavy atom. The zero-order valence-corrected chi connectivity index (χ0v) is 18.4. The number of methoxy groups -OCH3 is 1. The monoisotopic (exact) mass is 466 g/mol. The van der Waals surface area contributed by atoms with Crippen molar-refractivity contribution in [2.75, 3.05) is 19.0 Å². The fraction of sp³-hybridized carbons (Fsp3) is 0.217. The van der Waals surface area contributed by atoms with Gasteiger partial charge in [0.25, 0.3) is 5.91 Å². The highest BCUT2D eigenvalue weighted by Crippen LogP contribution is 2.30. The van der Waals surface area contributed by atoms with Gasteiger partial charge in [-0.05, 0) is 43.2 Å². The average molecular weight is 466 g/mol. The maximum atomic E-state index is 13.4. The third kappa shape index (κ3) is 4.17. The standard InChI is InChI=1S/C23H19FN4O4S/c1-31-22(30)18-3-2-10-28(18)21(29)19-12-17(27-32-19)13-4-7-15(8-5-13)25-23-26-16-9-6-14(24)11-20(16)33-23/h4-9,11-12,18H,2-3,10H2,1H3,(H,25,26). The van der Waals surface area contributed by atoms with Crippen molar-refractivity contribution in [2.24, 2.45) is 0 Å². The molecule has 0 aliphatic carbocycles. The van der Waals surface area contributed by atoms with E-state index < -0.39 is 12.0 Å². The second-order valence-electron chi connectivity index (χ2n) is 7.59. The molecule has 1 atom stereocenters. The molecule has 1 N–H and O–H groups in total. The Labute approximate surface area is 192 Å². The van der Waals surface area contributed by atoms with Crippen LogP contribution in [0.15, 0.2) is 53.1 Å². The Balaban J connectivity index is 1.29. The fourth-order valence-corrected chi connectivity index (χ4v) is 4.76. The summed E-state index contributed by atoms with van der Waals surface area (Å²) in [5.74, 6) is -1.03. The molecule has 1 saturated heterocycles. The predicted molar refractivity (Wildman–Crippen MR) is 121 cm³/mol. The number of rotatable bonds is 5. The highest BCUT2D eigenvalue weighted by molar-refractivity contribution is 7.22. The van der Waals surface area contributed by atoms with Gasteiger partial charge in [-0.15, -0.1) is 0 Å². The minimum Gasteiger partial charge on any atom is -0.467 e. The fourth-order valence-electron chi connectivity index (χ4n) is 3.84. The minimum absolute atomic E-state index is 0.0738. The lowest BCUT2D eigenvalue weighted by atomic mass is 10.1. The predicted octanol–water partition coefficient (Wildman–Crippen LogP) is 4.61. The van der Waals surface area contributed by atoms with Gasteiger partial charge in [-0.1, -0.05) is 28.6 Å². The number of anilines is 2. The normalized spacial score (nSPS) is 15.7. The molecule has 33 heavy (non-hydrogen) atoms. The summed E-state index contributed by atoms with van der Waals surface area (Å²) >= 11 is 1.36. The van der Waals surface area contributed by atoms with Crippen LogP contribution in [-0.4, -0.2) is 46.6 Å². The SMILES string of the molecule is COC(=O)C1CCCN1C(=O)c1cc(-c2ccc(Nc3nc4ccc(F)cc4s3)cc2)no1. The number of nitrogens with one attached hydrogen (secondary N) is 1. The number of aromatic nitrogens is 2. The second-order valence-corrected chi connectivity index (χ2v) is 8.62. The van der Waals surface area contributed by atoms with E-state index in [0.29, 0.717) is 23.8 Å². The van der Waals surface area contributed by atoms with Crippen LogP contribution in [-0.2, 0) is 9.53 Å². The molecule has 1 aliphatic heterocycles. The summed E-state index contributed by atoms with van der Waals surface area (Å²) in [6.45, 7) is 0.466. The summed E-state index contributed by atoms with van der Waals surface area (Å²) in [7, 11) is 1.31. The van der Waals surface area contributed by atoms with Crippen LogP contribution in [0, 0.1) is 5.82 Å². The third-order valence-corrected chi connectivity index (χ3v) is 6.42. The maximum Gasteiger partial charge on any atom is 0.328 e. The summed E-state index contributed by atoms with van der Waals surface area (Å²) in [6, 6.07) is 12.9. The van der Waals surface area contributed by atoms with E-state index in [2.05, 4.69) is 15.5 Å². The van der Waals surface area contributed by atoms with E-state index in [9.17, 15) is 14.0 Å². The smallest absolute Gasteiger partial charge is 0.328 e. The van der Waals surface area contributed by atoms with Crippen molar-refractivity contribution < 1.29 is 23.2 Å². The van der Waals surface area contributed by atoms with Crippen molar-refractivity contribution in [1.29, 1.82) is 0 Å². The zero-order chi connectivity index (χ0) is 22.9. The first-order valence-corrected chi connectivity index (χ1v) is 11.1. The molecule has 4 aromatic rings. The number of benzene rings is 2. The molecule has 10 heteroatoms. The van der Waals surface area contributed by atoms with Crippen LogP contribution in [0.3, 0.4) is 0 Å². The van der Waals surface area contributed by atoms with E-state index in [1.807, 2.05) is 24.3 Å². The topological polar surface area (TPSA) is 97.6 Å². The van der Waals surface area contributed by atoms with E-state index in [4.69, 9.17) is 9.26 Å². The molecule has 168 valence electrons. The van der Waals surface area contributed by atoms with Crippen LogP contribution in [0.1, 0.15) is 23.4 Å². The van der Waals surface area contributed by atoms with Gasteiger partial charge in [0.15, 0.2) is 5.13 Å². The van der Waals surface area contributed by atoms with Gasteiger partial charge in [-0.2, -0.15) is 0 Å². The molecular formula is C23H19FN4O4S. The number of halogens is 1. The summed E-state index contributed by atoms with van der Waals surface area (Å²) in [5.41, 5.74) is 2.80. The second kappa shape index (κ2) is 8.62. The van der Waals surface area contributed by atoms with Crippen molar-refractivity contribution in [2.45, 2.75) is 18.9 Å². The van der Waals surface area contributed by atoms with Gasteiger partial charge >= 0.3 is 5.97 Å². The van der Waals surface area contributed by atoms with Crippen molar-refractivity contribution in [3.05, 3.63) is 60.1 Å². The number of carbonyl (C=O) groups is 2. The molecular weight excluding hydrogens is 447 g/mol. The molecule has 1 aliphatic rings. The molecule has 5 rings (SSSR count). The van der Waals surface area contributed by atoms with Crippen LogP contribution < -0.4 is 5.32 Å². The molecule has 1 fully saturated rings. The van der Waals surface area contributed by atoms with Crippen molar-refractivity contribution >= 4 is 44.2 Å². The average Bonchev–Trinajstić information content (AvgIpc) is 3.57. The Morgan fingerprint density at radius 1 is 1.21 bits per heavy atom. The number of ether oxygens (including phenoxy) is 1. The first-order chi connectivity index (χ1) is 16.0. The number of amides is 1. The number of carbonyl (C=O) groups excluding carboxylic acids is 2. The molecule has 8 nitrogen and oxygen atoms in total. The number of hydrogen-bond acceptors (Lipinski definition) is 8. The Kier molecular flexibility index (Phi) is 5.51. The number of hydrogen-bond donors (Lipinski definition) is 1. The largest absolute Gasteiger partial charge is 0.467 e. The highest BCUT2D eigenvalue weighted by atomic mass is 32.1. The Morgan fingerprint density at radius 2 is 2.03 bits per heavy atom. The van der Waals surface area contributed by atoms with Gasteiger partial charge in [-0.3, -0.25) is 4.79 Å². The summed E-state index contributed by atoms with van der Waals surface area (Å²) in [5, 5.41) is 7.88. The molecule has 0 spiro atoms. The van der Waals surface area contributed by atoms with Crippen molar-refractivity contribution in [3.63, 3.8) is 0 Å². The van der Waals surface area contributed by atoms with Gasteiger partial charge < -0.3 is 19.5 Å². The lowest BCUT2D eigenvalue weighted by Crippen LogP contribution is -2.40. The summed E-state index contributed by atoms with van der Waals surface area (Å²) < 4.78 is 24.2. The first kappa shape index (κ1) is 21.1. The van der Waals surface area contributed by atoms with Gasteiger partial charge in [0.2, 0.25) is 5.76 Å². The van der Waals surface area contributed by atoms with Crippen LogP contribution in [0.5, 0.6) is 0 Å². The molecule has 2 aromatic carbocycles. The number of thiazole rings is 1. The minimum atomic E-state index is -0.597. The molecule has 0 bridgehead atoms. The number of esters is 1. The van der Waals surface area contributed by atoms with Crippen LogP contribution >= 0.6 is 11.3 Å². The Bertz CT molecular complexity index is 1330. The van der Waals surface area contributed by atoms with Gasteiger partial charge in [0, 0.05) is 23.9 Å². The van der Waals surface area contributed by atoms with Gasteiger partial charge in [0.1, 0.15) is 17.6 Å². The molecule has 1 unspecified atom stereocenters. The molecule has 0 radical (unpaired) electrons. The molecule has 1 amide bonds. The zero-order valence-electron chi connectivity index (χ0n) is 17.6. The van der Waals surface area contributed by atoms with Crippen LogP contribution in [0.25, 0.3) is 21.5 Å². The highest BCUT2D eigenvalue weighted by Gasteiger charge is 2.36. The lowest BCUT2D eigenvalue weighted by Gasteiger charge is -2.20. The van der Waals surface area contributed by atoms with E-state index in [0.717, 1.165) is 27.9 Å². The number of likely N-dealkylation sites (tertiary alicyclic amines) is 1. The molecule has 2 aromatic heterocycles. The van der Waals surface area contributed by atoms with Gasteiger partial charge in [0.05, 0.1) is 17.3 Å². The number of fused-ring (bicyclic) bond motifs is 1.